The van der Waals surface area contributed by atoms with Gasteiger partial charge < -0.3 is 0 Å². The molecule has 1 aromatic heterocycles. The minimum Gasteiger partial charge on any atom is -0.279 e. The molecule has 1 atom stereocenters. The lowest BCUT2D eigenvalue weighted by molar-refractivity contribution is 0.842. The number of para-hydroxylation sites is 1. The summed E-state index contributed by atoms with van der Waals surface area (Å²) in [5.41, 5.74) is 16.6. The molecule has 10 rings (SSSR count). The van der Waals surface area contributed by atoms with Crippen molar-refractivity contribution >= 4 is 33.7 Å². The smallest absolute Gasteiger partial charge is 0.237 e. The van der Waals surface area contributed by atoms with Gasteiger partial charge in [0.15, 0.2) is 0 Å². The molecule has 0 spiro atoms. The van der Waals surface area contributed by atoms with Crippen LogP contribution in [0, 0.1) is 0 Å². The normalized spacial score (nSPS) is 14.1. The SMILES string of the molecule is C1=C(c2ccc(N(c3ccccc3)c3ncncn3)cc2)c2cccc3c2C(C1)c1c-3c(-c2ccccc2)c2ccccc2c1-c1ccccc1. The van der Waals surface area contributed by atoms with Crippen LogP contribution in [0.1, 0.15) is 34.6 Å². The molecule has 8 aromatic rings. The van der Waals surface area contributed by atoms with E-state index >= 15 is 0 Å². The first-order valence-corrected chi connectivity index (χ1v) is 17.5. The molecule has 4 heteroatoms. The Labute approximate surface area is 297 Å². The summed E-state index contributed by atoms with van der Waals surface area (Å²) < 4.78 is 0. The maximum Gasteiger partial charge on any atom is 0.237 e. The van der Waals surface area contributed by atoms with Crippen LogP contribution in [0.25, 0.3) is 49.7 Å². The first-order valence-electron chi connectivity index (χ1n) is 17.5. The van der Waals surface area contributed by atoms with Crippen LogP contribution in [0.2, 0.25) is 0 Å². The average molecular weight is 653 g/mol. The summed E-state index contributed by atoms with van der Waals surface area (Å²) in [6.45, 7) is 0. The lowest BCUT2D eigenvalue weighted by Gasteiger charge is -2.26. The number of fused-ring (bicyclic) bond motifs is 4. The van der Waals surface area contributed by atoms with Crippen LogP contribution in [-0.2, 0) is 0 Å². The largest absolute Gasteiger partial charge is 0.279 e. The minimum atomic E-state index is 0.258. The van der Waals surface area contributed by atoms with Crippen molar-refractivity contribution in [2.75, 3.05) is 4.90 Å². The van der Waals surface area contributed by atoms with E-state index in [0.717, 1.165) is 17.8 Å². The summed E-state index contributed by atoms with van der Waals surface area (Å²) in [7, 11) is 0. The standard InChI is InChI=1S/C47H32N4/c1-4-13-32(14-5-1)42-38-19-10-11-20-39(38)43(33-15-6-2-7-16-33)46-41-28-27-36(37-21-12-22-40(44(37)41)45(42)46)31-23-25-35(26-24-31)51(34-17-8-3-9-18-34)47-49-29-48-30-50-47/h1-27,29-30,41H,28H2. The lowest BCUT2D eigenvalue weighted by atomic mass is 9.77. The Morgan fingerprint density at radius 2 is 1.02 bits per heavy atom. The van der Waals surface area contributed by atoms with Crippen molar-refractivity contribution in [1.82, 2.24) is 15.0 Å². The monoisotopic (exact) mass is 652 g/mol. The zero-order chi connectivity index (χ0) is 33.7. The molecule has 0 amide bonds. The average Bonchev–Trinajstić information content (AvgIpc) is 3.54. The van der Waals surface area contributed by atoms with Gasteiger partial charge in [0, 0.05) is 17.3 Å². The van der Waals surface area contributed by atoms with E-state index in [-0.39, 0.29) is 5.92 Å². The van der Waals surface area contributed by atoms with Gasteiger partial charge in [-0.3, -0.25) is 4.90 Å². The Balaban J connectivity index is 1.15. The van der Waals surface area contributed by atoms with Gasteiger partial charge in [0.2, 0.25) is 5.95 Å². The second-order valence-corrected chi connectivity index (χ2v) is 13.1. The summed E-state index contributed by atoms with van der Waals surface area (Å²) in [4.78, 5) is 15.1. The van der Waals surface area contributed by atoms with Crippen molar-refractivity contribution in [3.8, 4) is 33.4 Å². The number of nitrogens with zero attached hydrogens (tertiary/aromatic N) is 4. The summed E-state index contributed by atoms with van der Waals surface area (Å²) >= 11 is 0. The van der Waals surface area contributed by atoms with Crippen LogP contribution in [0.4, 0.5) is 17.3 Å². The van der Waals surface area contributed by atoms with Crippen molar-refractivity contribution in [2.45, 2.75) is 12.3 Å². The number of benzene rings is 7. The molecule has 51 heavy (non-hydrogen) atoms. The second-order valence-electron chi connectivity index (χ2n) is 13.1. The zero-order valence-corrected chi connectivity index (χ0v) is 27.8. The fraction of sp³-hybridized carbons (Fsp3) is 0.0426. The van der Waals surface area contributed by atoms with E-state index in [1.807, 2.05) is 18.2 Å². The van der Waals surface area contributed by atoms with Gasteiger partial charge in [0.05, 0.1) is 0 Å². The number of aromatic nitrogens is 3. The molecule has 0 fully saturated rings. The van der Waals surface area contributed by atoms with E-state index in [4.69, 9.17) is 0 Å². The Bertz CT molecular complexity index is 2540. The number of allylic oxidation sites excluding steroid dienone is 1. The molecule has 4 nitrogen and oxygen atoms in total. The Kier molecular flexibility index (Phi) is 6.91. The molecule has 0 saturated heterocycles. The van der Waals surface area contributed by atoms with Crippen LogP contribution in [0.3, 0.4) is 0 Å². The summed E-state index contributed by atoms with van der Waals surface area (Å²) in [5.74, 6) is 0.840. The lowest BCUT2D eigenvalue weighted by Crippen LogP contribution is -2.13. The van der Waals surface area contributed by atoms with Gasteiger partial charge in [0.25, 0.3) is 0 Å². The third kappa shape index (κ3) is 4.72. The predicted molar refractivity (Wildman–Crippen MR) is 208 cm³/mol. The molecule has 1 unspecified atom stereocenters. The van der Waals surface area contributed by atoms with Crippen molar-refractivity contribution in [3.05, 3.63) is 199 Å². The van der Waals surface area contributed by atoms with E-state index in [1.54, 1.807) is 12.7 Å². The van der Waals surface area contributed by atoms with Crippen molar-refractivity contribution in [2.24, 2.45) is 0 Å². The highest BCUT2D eigenvalue weighted by Crippen LogP contribution is 2.60. The maximum atomic E-state index is 4.49. The molecular weight excluding hydrogens is 621 g/mol. The van der Waals surface area contributed by atoms with Gasteiger partial charge in [-0.15, -0.1) is 0 Å². The molecule has 240 valence electrons. The fourth-order valence-corrected chi connectivity index (χ4v) is 8.40. The first kappa shape index (κ1) is 29.3. The number of anilines is 3. The molecular formula is C47H32N4. The molecule has 0 aliphatic heterocycles. The molecule has 0 radical (unpaired) electrons. The number of hydrogen-bond donors (Lipinski definition) is 0. The molecule has 0 saturated carbocycles. The van der Waals surface area contributed by atoms with Gasteiger partial charge in [-0.05, 0) is 103 Å². The van der Waals surface area contributed by atoms with Gasteiger partial charge in [-0.1, -0.05) is 140 Å². The molecule has 2 aliphatic rings. The quantitative estimate of drug-likeness (QED) is 0.179. The van der Waals surface area contributed by atoms with E-state index in [1.165, 1.54) is 72.0 Å². The van der Waals surface area contributed by atoms with Crippen LogP contribution in [0.15, 0.2) is 176 Å². The molecule has 0 N–H and O–H groups in total. The summed E-state index contributed by atoms with van der Waals surface area (Å²) in [6.07, 6.45) is 6.48. The van der Waals surface area contributed by atoms with Crippen LogP contribution in [0.5, 0.6) is 0 Å². The van der Waals surface area contributed by atoms with Crippen molar-refractivity contribution in [3.63, 3.8) is 0 Å². The van der Waals surface area contributed by atoms with Gasteiger partial charge in [-0.2, -0.15) is 0 Å². The van der Waals surface area contributed by atoms with E-state index in [9.17, 15) is 0 Å². The highest BCUT2D eigenvalue weighted by molar-refractivity contribution is 6.15. The summed E-state index contributed by atoms with van der Waals surface area (Å²) in [6, 6.07) is 56.9. The fourth-order valence-electron chi connectivity index (χ4n) is 8.40. The topological polar surface area (TPSA) is 41.9 Å². The van der Waals surface area contributed by atoms with Gasteiger partial charge >= 0.3 is 0 Å². The van der Waals surface area contributed by atoms with Crippen LogP contribution in [-0.4, -0.2) is 15.0 Å². The van der Waals surface area contributed by atoms with Crippen LogP contribution < -0.4 is 4.90 Å². The maximum absolute atomic E-state index is 4.49. The van der Waals surface area contributed by atoms with Gasteiger partial charge in [-0.25, -0.2) is 15.0 Å². The molecule has 2 aliphatic carbocycles. The van der Waals surface area contributed by atoms with Crippen molar-refractivity contribution < 1.29 is 0 Å². The Morgan fingerprint density at radius 1 is 0.451 bits per heavy atom. The minimum absolute atomic E-state index is 0.258. The van der Waals surface area contributed by atoms with E-state index < -0.39 is 0 Å². The first-order chi connectivity index (χ1) is 25.3. The highest BCUT2D eigenvalue weighted by atomic mass is 15.3. The summed E-state index contributed by atoms with van der Waals surface area (Å²) in [5, 5.41) is 2.60. The second kappa shape index (κ2) is 12.0. The van der Waals surface area contributed by atoms with Gasteiger partial charge in [0.1, 0.15) is 12.7 Å². The van der Waals surface area contributed by atoms with E-state index in [0.29, 0.717) is 5.95 Å². The molecule has 1 heterocycles. The van der Waals surface area contributed by atoms with Crippen LogP contribution >= 0.6 is 0 Å². The number of hydrogen-bond acceptors (Lipinski definition) is 4. The zero-order valence-electron chi connectivity index (χ0n) is 27.8. The third-order valence-corrected chi connectivity index (χ3v) is 10.4. The number of rotatable bonds is 6. The Hall–Kier alpha value is -6.65. The molecule has 0 bridgehead atoms. The van der Waals surface area contributed by atoms with Crippen molar-refractivity contribution in [1.29, 1.82) is 0 Å². The Morgan fingerprint density at radius 3 is 1.71 bits per heavy atom. The predicted octanol–water partition coefficient (Wildman–Crippen LogP) is 11.8. The van der Waals surface area contributed by atoms with E-state index in [2.05, 4.69) is 165 Å². The molecule has 7 aromatic carbocycles. The highest BCUT2D eigenvalue weighted by Gasteiger charge is 2.38. The third-order valence-electron chi connectivity index (χ3n) is 10.4.